The van der Waals surface area contributed by atoms with Crippen LogP contribution in [0.3, 0.4) is 0 Å². The lowest BCUT2D eigenvalue weighted by molar-refractivity contribution is 0.102. The molecule has 1 amide bonds. The zero-order valence-electron chi connectivity index (χ0n) is 22.2. The van der Waals surface area contributed by atoms with E-state index in [0.29, 0.717) is 17.5 Å². The Bertz CT molecular complexity index is 1780. The summed E-state index contributed by atoms with van der Waals surface area (Å²) in [6.07, 6.45) is 4.37. The summed E-state index contributed by atoms with van der Waals surface area (Å²) < 4.78 is 7.98. The molecule has 0 bridgehead atoms. The number of rotatable bonds is 7. The van der Waals surface area contributed by atoms with Gasteiger partial charge in [0.15, 0.2) is 11.0 Å². The number of amides is 1. The van der Waals surface area contributed by atoms with E-state index in [2.05, 4.69) is 30.8 Å². The van der Waals surface area contributed by atoms with Crippen LogP contribution in [-0.4, -0.2) is 52.7 Å². The number of nitrogens with zero attached hydrogens (tertiary/aromatic N) is 7. The van der Waals surface area contributed by atoms with Crippen molar-refractivity contribution in [2.45, 2.75) is 32.7 Å². The third-order valence-electron chi connectivity index (χ3n) is 6.05. The molecule has 5 rings (SSSR count). The Kier molecular flexibility index (Phi) is 7.13. The first-order valence-electron chi connectivity index (χ1n) is 12.2. The van der Waals surface area contributed by atoms with Gasteiger partial charge in [0.1, 0.15) is 17.0 Å². The number of fused-ring (bicyclic) bond motifs is 1. The van der Waals surface area contributed by atoms with Gasteiger partial charge in [0.2, 0.25) is 5.88 Å². The number of carbonyl (C=O) groups excluding carboxylic acids is 1. The zero-order valence-corrected chi connectivity index (χ0v) is 23.0. The number of methoxy groups -OCH3 is 1. The van der Waals surface area contributed by atoms with Crippen molar-refractivity contribution in [1.29, 1.82) is 0 Å². The van der Waals surface area contributed by atoms with Crippen LogP contribution in [-0.2, 0) is 12.0 Å². The smallest absolute Gasteiger partial charge is 0.269 e. The number of hydrogen-bond donors (Lipinski definition) is 2. The van der Waals surface area contributed by atoms with Crippen LogP contribution in [0, 0.1) is 0 Å². The molecule has 12 nitrogen and oxygen atoms in total. The van der Waals surface area contributed by atoms with E-state index in [1.54, 1.807) is 11.8 Å². The molecule has 4 heterocycles. The molecule has 1 aromatic carbocycles. The second kappa shape index (κ2) is 10.7. The number of tetrazole rings is 1. The molecule has 2 N–H and O–H groups in total. The summed E-state index contributed by atoms with van der Waals surface area (Å²) in [7, 11) is 1.60. The van der Waals surface area contributed by atoms with Gasteiger partial charge in [-0.1, -0.05) is 32.9 Å². The molecule has 0 unspecified atom stereocenters. The molecule has 0 saturated carbocycles. The van der Waals surface area contributed by atoms with Gasteiger partial charge in [-0.05, 0) is 52.4 Å². The van der Waals surface area contributed by atoms with Gasteiger partial charge in [-0.15, -0.1) is 16.4 Å². The van der Waals surface area contributed by atoms with Crippen LogP contribution in [0.25, 0.3) is 17.8 Å². The minimum absolute atomic E-state index is 0.0498. The Labute approximate surface area is 232 Å². The number of ether oxygens (including phenoxy) is 1. The molecule has 5 aromatic rings. The first kappa shape index (κ1) is 26.7. The highest BCUT2D eigenvalue weighted by Crippen LogP contribution is 2.26. The van der Waals surface area contributed by atoms with Gasteiger partial charge < -0.3 is 9.84 Å². The fourth-order valence-electron chi connectivity index (χ4n) is 3.78. The third-order valence-corrected chi connectivity index (χ3v) is 6.81. The third kappa shape index (κ3) is 5.59. The minimum Gasteiger partial charge on any atom is -0.497 e. The average molecular weight is 559 g/mol. The van der Waals surface area contributed by atoms with Crippen molar-refractivity contribution in [3.63, 3.8) is 0 Å². The highest BCUT2D eigenvalue weighted by atomic mass is 32.1. The highest BCUT2D eigenvalue weighted by molar-refractivity contribution is 7.14. The van der Waals surface area contributed by atoms with E-state index < -0.39 is 17.3 Å². The number of carbonyl (C=O) groups is 1. The first-order chi connectivity index (χ1) is 19.1. The van der Waals surface area contributed by atoms with E-state index in [-0.39, 0.29) is 22.2 Å². The first-order valence-corrected chi connectivity index (χ1v) is 13.1. The maximum absolute atomic E-state index is 13.1. The lowest BCUT2D eigenvalue weighted by atomic mass is 9.93. The van der Waals surface area contributed by atoms with E-state index in [4.69, 9.17) is 4.74 Å². The predicted octanol–water partition coefficient (Wildman–Crippen LogP) is 3.62. The molecule has 0 aliphatic rings. The van der Waals surface area contributed by atoms with Crippen molar-refractivity contribution in [2.75, 3.05) is 12.4 Å². The topological polar surface area (TPSA) is 149 Å². The average Bonchev–Trinajstić information content (AvgIpc) is 3.58. The Balaban J connectivity index is 1.36. The van der Waals surface area contributed by atoms with Crippen molar-refractivity contribution in [1.82, 2.24) is 34.6 Å². The number of anilines is 1. The van der Waals surface area contributed by atoms with Gasteiger partial charge in [-0.25, -0.2) is 9.67 Å². The highest BCUT2D eigenvalue weighted by Gasteiger charge is 2.19. The zero-order chi connectivity index (χ0) is 28.4. The van der Waals surface area contributed by atoms with Crippen LogP contribution in [0.2, 0.25) is 0 Å². The molecule has 204 valence electrons. The van der Waals surface area contributed by atoms with Crippen molar-refractivity contribution in [2.24, 2.45) is 0 Å². The molecule has 13 heteroatoms. The van der Waals surface area contributed by atoms with Gasteiger partial charge in [-0.3, -0.25) is 19.3 Å². The van der Waals surface area contributed by atoms with Crippen LogP contribution in [0.4, 0.5) is 5.13 Å². The molecular formula is C27H26N8O4S. The lowest BCUT2D eigenvalue weighted by Gasteiger charge is -2.14. The van der Waals surface area contributed by atoms with E-state index >= 15 is 0 Å². The largest absolute Gasteiger partial charge is 0.497 e. The molecule has 40 heavy (non-hydrogen) atoms. The molecule has 0 atom stereocenters. The van der Waals surface area contributed by atoms with Crippen LogP contribution in [0.15, 0.2) is 52.8 Å². The Morgan fingerprint density at radius 2 is 1.93 bits per heavy atom. The lowest BCUT2D eigenvalue weighted by Crippen LogP contribution is -2.19. The Hall–Kier alpha value is -4.91. The number of benzene rings is 1. The van der Waals surface area contributed by atoms with Crippen LogP contribution >= 0.6 is 11.3 Å². The number of thiazole rings is 1. The van der Waals surface area contributed by atoms with E-state index in [0.717, 1.165) is 17.0 Å². The van der Waals surface area contributed by atoms with Crippen molar-refractivity contribution in [3.05, 3.63) is 86.5 Å². The summed E-state index contributed by atoms with van der Waals surface area (Å²) in [4.78, 5) is 34.6. The molecule has 0 aliphatic carbocycles. The number of pyridine rings is 1. The minimum atomic E-state index is -0.519. The standard InChI is InChI=1S/C27H26N8O4S/c1-27(2,3)20-15-40-26(28-20)30-23(36)17-11-12-34-22(13-17)29-24(37)19(25(34)38)9-10-21-31-32-33-35(21)14-16-5-7-18(39-4)8-6-16/h5-13,15,37H,14H2,1-4H3,(H,28,30,36)/b10-9+. The van der Waals surface area contributed by atoms with Crippen molar-refractivity contribution in [3.8, 4) is 11.6 Å². The maximum atomic E-state index is 13.1. The Morgan fingerprint density at radius 3 is 2.62 bits per heavy atom. The van der Waals surface area contributed by atoms with E-state index in [1.165, 1.54) is 46.2 Å². The second-order valence-electron chi connectivity index (χ2n) is 9.92. The fraction of sp³-hybridized carbons (Fsp3) is 0.222. The van der Waals surface area contributed by atoms with Gasteiger partial charge in [0.05, 0.1) is 19.3 Å². The van der Waals surface area contributed by atoms with Crippen molar-refractivity contribution >= 4 is 40.2 Å². The summed E-state index contributed by atoms with van der Waals surface area (Å²) in [5.74, 6) is 0.229. The van der Waals surface area contributed by atoms with Gasteiger partial charge in [0.25, 0.3) is 11.5 Å². The van der Waals surface area contributed by atoms with Crippen LogP contribution in [0.1, 0.15) is 53.8 Å². The summed E-state index contributed by atoms with van der Waals surface area (Å²) in [6, 6.07) is 10.4. The number of nitrogens with one attached hydrogen (secondary N) is 1. The second-order valence-corrected chi connectivity index (χ2v) is 10.8. The summed E-state index contributed by atoms with van der Waals surface area (Å²) in [5.41, 5.74) is 1.49. The fourth-order valence-corrected chi connectivity index (χ4v) is 4.71. The van der Waals surface area contributed by atoms with Gasteiger partial charge >= 0.3 is 0 Å². The van der Waals surface area contributed by atoms with Gasteiger partial charge in [-0.2, -0.15) is 4.98 Å². The number of aromatic hydroxyl groups is 1. The normalized spacial score (nSPS) is 11.8. The predicted molar refractivity (Wildman–Crippen MR) is 151 cm³/mol. The number of aromatic nitrogens is 7. The summed E-state index contributed by atoms with van der Waals surface area (Å²) >= 11 is 1.33. The molecule has 0 spiro atoms. The maximum Gasteiger partial charge on any atom is 0.269 e. The molecule has 0 fully saturated rings. The quantitative estimate of drug-likeness (QED) is 0.305. The molecule has 4 aromatic heterocycles. The van der Waals surface area contributed by atoms with Crippen LogP contribution < -0.4 is 15.6 Å². The number of hydrogen-bond acceptors (Lipinski definition) is 10. The van der Waals surface area contributed by atoms with Crippen molar-refractivity contribution < 1.29 is 14.6 Å². The summed E-state index contributed by atoms with van der Waals surface area (Å²) in [5, 5.41) is 27.4. The van der Waals surface area contributed by atoms with E-state index in [9.17, 15) is 14.7 Å². The molecular weight excluding hydrogens is 532 g/mol. The van der Waals surface area contributed by atoms with Crippen LogP contribution in [0.5, 0.6) is 11.6 Å². The van der Waals surface area contributed by atoms with Gasteiger partial charge in [0, 0.05) is 22.6 Å². The summed E-state index contributed by atoms with van der Waals surface area (Å²) in [6.45, 7) is 6.52. The SMILES string of the molecule is COc1ccc(Cn2nnnc2/C=C/c2c(O)nc3cc(C(=O)Nc4nc(C(C)(C)C)cs4)ccn3c2=O)cc1. The van der Waals surface area contributed by atoms with E-state index in [1.807, 2.05) is 50.4 Å². The molecule has 0 aliphatic heterocycles. The Morgan fingerprint density at radius 1 is 1.15 bits per heavy atom. The monoisotopic (exact) mass is 558 g/mol. The molecule has 0 radical (unpaired) electrons. The molecule has 0 saturated heterocycles.